The molecule has 0 heterocycles. The molecule has 1 rings (SSSR count). The fourth-order valence-electron chi connectivity index (χ4n) is 1.73. The molecule has 0 saturated carbocycles. The van der Waals surface area contributed by atoms with Crippen LogP contribution >= 0.6 is 0 Å². The number of nitrogens with two attached hydrogens (primary N) is 1. The van der Waals surface area contributed by atoms with Crippen LogP contribution in [0.5, 0.6) is 5.75 Å². The third-order valence-electron chi connectivity index (χ3n) is 2.94. The van der Waals surface area contributed by atoms with Gasteiger partial charge in [-0.2, -0.15) is 0 Å². The largest absolute Gasteiger partial charge is 0.493 e. The molecule has 2 N–H and O–H groups in total. The van der Waals surface area contributed by atoms with Crippen molar-refractivity contribution in [3.05, 3.63) is 28.8 Å². The van der Waals surface area contributed by atoms with Crippen LogP contribution in [0.15, 0.2) is 12.1 Å². The highest BCUT2D eigenvalue weighted by atomic mass is 32.2. The zero-order valence-corrected chi connectivity index (χ0v) is 12.0. The van der Waals surface area contributed by atoms with Crippen molar-refractivity contribution in [1.82, 2.24) is 0 Å². The number of sulfonamides is 1. The van der Waals surface area contributed by atoms with E-state index in [1.165, 1.54) is 5.56 Å². The summed E-state index contributed by atoms with van der Waals surface area (Å²) in [5, 5.41) is 4.93. The zero-order chi connectivity index (χ0) is 13.8. The minimum Gasteiger partial charge on any atom is -0.493 e. The molecule has 5 heteroatoms. The average Bonchev–Trinajstić information content (AvgIpc) is 2.26. The van der Waals surface area contributed by atoms with Gasteiger partial charge < -0.3 is 4.74 Å². The normalized spacial score (nSPS) is 11.6. The lowest BCUT2D eigenvalue weighted by atomic mass is 10.1. The summed E-state index contributed by atoms with van der Waals surface area (Å²) in [5.41, 5.74) is 3.44. The Labute approximate surface area is 109 Å². The predicted octanol–water partition coefficient (Wildman–Crippen LogP) is 2.06. The number of benzene rings is 1. The fraction of sp³-hybridized carbons (Fsp3) is 0.538. The van der Waals surface area contributed by atoms with Crippen molar-refractivity contribution in [2.45, 2.75) is 33.6 Å². The highest BCUT2D eigenvalue weighted by molar-refractivity contribution is 7.89. The molecule has 1 aromatic rings. The maximum atomic E-state index is 10.8. The molecule has 0 aromatic heterocycles. The fourth-order valence-corrected chi connectivity index (χ4v) is 2.33. The summed E-state index contributed by atoms with van der Waals surface area (Å²) in [4.78, 5) is 0. The first-order valence-corrected chi connectivity index (χ1v) is 7.73. The molecule has 0 amide bonds. The van der Waals surface area contributed by atoms with Crippen molar-refractivity contribution in [3.63, 3.8) is 0 Å². The lowest BCUT2D eigenvalue weighted by Crippen LogP contribution is -2.16. The summed E-state index contributed by atoms with van der Waals surface area (Å²) in [6, 6.07) is 4.10. The summed E-state index contributed by atoms with van der Waals surface area (Å²) in [5.74, 6) is 0.924. The number of ether oxygens (including phenoxy) is 1. The van der Waals surface area contributed by atoms with E-state index in [1.807, 2.05) is 26.8 Å². The van der Waals surface area contributed by atoms with Crippen LogP contribution in [0.25, 0.3) is 0 Å². The Kier molecular flexibility index (Phi) is 5.16. The molecule has 0 spiro atoms. The summed E-state index contributed by atoms with van der Waals surface area (Å²) >= 11 is 0. The van der Waals surface area contributed by atoms with Crippen molar-refractivity contribution in [2.24, 2.45) is 5.14 Å². The first-order chi connectivity index (χ1) is 8.31. The van der Waals surface area contributed by atoms with Gasteiger partial charge in [-0.15, -0.1) is 0 Å². The van der Waals surface area contributed by atoms with Crippen LogP contribution in [-0.4, -0.2) is 20.8 Å². The SMILES string of the molecule is Cc1ccc(C)c(OCCCCS(N)(=O)=O)c1C. The van der Waals surface area contributed by atoms with Gasteiger partial charge in [-0.1, -0.05) is 12.1 Å². The smallest absolute Gasteiger partial charge is 0.209 e. The minimum atomic E-state index is -3.35. The molecular formula is C13H21NO3S. The number of hydrogen-bond acceptors (Lipinski definition) is 3. The van der Waals surface area contributed by atoms with Crippen LogP contribution in [0, 0.1) is 20.8 Å². The van der Waals surface area contributed by atoms with Crippen LogP contribution in [0.3, 0.4) is 0 Å². The number of hydrogen-bond donors (Lipinski definition) is 1. The van der Waals surface area contributed by atoms with E-state index < -0.39 is 10.0 Å². The second kappa shape index (κ2) is 6.20. The van der Waals surface area contributed by atoms with Crippen LogP contribution < -0.4 is 9.88 Å². The molecule has 0 unspecified atom stereocenters. The lowest BCUT2D eigenvalue weighted by Gasteiger charge is -2.13. The van der Waals surface area contributed by atoms with E-state index in [4.69, 9.17) is 9.88 Å². The Hall–Kier alpha value is -1.07. The Morgan fingerprint density at radius 3 is 2.33 bits per heavy atom. The Morgan fingerprint density at radius 1 is 1.11 bits per heavy atom. The number of rotatable bonds is 6. The molecule has 102 valence electrons. The third-order valence-corrected chi connectivity index (χ3v) is 3.80. The molecule has 18 heavy (non-hydrogen) atoms. The monoisotopic (exact) mass is 271 g/mol. The quantitative estimate of drug-likeness (QED) is 0.805. The molecule has 0 aliphatic heterocycles. The maximum absolute atomic E-state index is 10.8. The summed E-state index contributed by atoms with van der Waals surface area (Å²) in [6.45, 7) is 6.59. The van der Waals surface area contributed by atoms with Gasteiger partial charge in [0.1, 0.15) is 5.75 Å². The van der Waals surface area contributed by atoms with Gasteiger partial charge in [-0.05, 0) is 50.3 Å². The minimum absolute atomic E-state index is 0.0160. The Balaban J connectivity index is 2.47. The molecule has 0 saturated heterocycles. The summed E-state index contributed by atoms with van der Waals surface area (Å²) < 4.78 is 27.2. The number of aryl methyl sites for hydroxylation is 2. The van der Waals surface area contributed by atoms with Crippen molar-refractivity contribution < 1.29 is 13.2 Å². The van der Waals surface area contributed by atoms with Gasteiger partial charge >= 0.3 is 0 Å². The number of primary sulfonamides is 1. The van der Waals surface area contributed by atoms with E-state index in [2.05, 4.69) is 6.07 Å². The first kappa shape index (κ1) is 15.0. The molecule has 0 fully saturated rings. The molecule has 1 aromatic carbocycles. The van der Waals surface area contributed by atoms with Crippen LogP contribution in [0.2, 0.25) is 0 Å². The summed E-state index contributed by atoms with van der Waals surface area (Å²) in [7, 11) is -3.35. The number of unbranched alkanes of at least 4 members (excludes halogenated alkanes) is 1. The molecule has 0 aliphatic rings. The average molecular weight is 271 g/mol. The van der Waals surface area contributed by atoms with Gasteiger partial charge in [0, 0.05) is 0 Å². The van der Waals surface area contributed by atoms with Crippen LogP contribution in [0.4, 0.5) is 0 Å². The van der Waals surface area contributed by atoms with Crippen molar-refractivity contribution in [1.29, 1.82) is 0 Å². The van der Waals surface area contributed by atoms with Gasteiger partial charge in [0.15, 0.2) is 0 Å². The van der Waals surface area contributed by atoms with Gasteiger partial charge in [0.2, 0.25) is 10.0 Å². The Bertz CT molecular complexity index is 509. The molecule has 0 radical (unpaired) electrons. The van der Waals surface area contributed by atoms with Crippen molar-refractivity contribution in [2.75, 3.05) is 12.4 Å². The second-order valence-corrected chi connectivity index (χ2v) is 6.31. The molecule has 0 atom stereocenters. The second-order valence-electron chi connectivity index (χ2n) is 4.58. The van der Waals surface area contributed by atoms with Gasteiger partial charge in [-0.25, -0.2) is 13.6 Å². The van der Waals surface area contributed by atoms with E-state index in [0.717, 1.165) is 16.9 Å². The molecule has 0 aliphatic carbocycles. The first-order valence-electron chi connectivity index (χ1n) is 6.01. The molecule has 0 bridgehead atoms. The maximum Gasteiger partial charge on any atom is 0.209 e. The third kappa shape index (κ3) is 4.66. The highest BCUT2D eigenvalue weighted by Gasteiger charge is 2.07. The van der Waals surface area contributed by atoms with Gasteiger partial charge in [0.05, 0.1) is 12.4 Å². The standard InChI is InChI=1S/C13H21NO3S/c1-10-6-7-11(2)13(12(10)3)17-8-4-5-9-18(14,15)16/h6-7H,4-5,8-9H2,1-3H3,(H2,14,15,16). The molecule has 4 nitrogen and oxygen atoms in total. The van der Waals surface area contributed by atoms with Gasteiger partial charge in [0.25, 0.3) is 0 Å². The van der Waals surface area contributed by atoms with E-state index in [1.54, 1.807) is 0 Å². The van der Waals surface area contributed by atoms with E-state index in [0.29, 0.717) is 19.4 Å². The van der Waals surface area contributed by atoms with E-state index >= 15 is 0 Å². The zero-order valence-electron chi connectivity index (χ0n) is 11.2. The highest BCUT2D eigenvalue weighted by Crippen LogP contribution is 2.25. The van der Waals surface area contributed by atoms with Crippen molar-refractivity contribution >= 4 is 10.0 Å². The van der Waals surface area contributed by atoms with Crippen LogP contribution in [0.1, 0.15) is 29.5 Å². The predicted molar refractivity (Wildman–Crippen MR) is 73.4 cm³/mol. The van der Waals surface area contributed by atoms with Gasteiger partial charge in [-0.3, -0.25) is 0 Å². The summed E-state index contributed by atoms with van der Waals surface area (Å²) in [6.07, 6.45) is 1.21. The van der Waals surface area contributed by atoms with E-state index in [9.17, 15) is 8.42 Å². The Morgan fingerprint density at radius 2 is 1.72 bits per heavy atom. The van der Waals surface area contributed by atoms with Crippen molar-refractivity contribution in [3.8, 4) is 5.75 Å². The van der Waals surface area contributed by atoms with E-state index in [-0.39, 0.29) is 5.75 Å². The lowest BCUT2D eigenvalue weighted by molar-refractivity contribution is 0.305. The van der Waals surface area contributed by atoms with Crippen LogP contribution in [-0.2, 0) is 10.0 Å². The topological polar surface area (TPSA) is 69.4 Å². The molecular weight excluding hydrogens is 250 g/mol.